The van der Waals surface area contributed by atoms with Gasteiger partial charge in [-0.2, -0.15) is 4.37 Å². The Labute approximate surface area is 117 Å². The van der Waals surface area contributed by atoms with E-state index in [4.69, 9.17) is 10.5 Å². The van der Waals surface area contributed by atoms with Crippen LogP contribution < -0.4 is 11.1 Å². The molecule has 0 unspecified atom stereocenters. The molecule has 7 heteroatoms. The number of nitrogen functional groups attached to an aromatic ring is 1. The highest BCUT2D eigenvalue weighted by molar-refractivity contribution is 7.11. The number of rotatable bonds is 7. The number of nitrogens with two attached hydrogens (primary N) is 1. The maximum absolute atomic E-state index is 11.6. The Hall–Kier alpha value is -1.34. The zero-order chi connectivity index (χ0) is 13.8. The molecule has 106 valence electrons. The Bertz CT molecular complexity index is 445. The Balaban J connectivity index is 1.90. The van der Waals surface area contributed by atoms with Crippen molar-refractivity contribution in [1.82, 2.24) is 9.27 Å². The lowest BCUT2D eigenvalue weighted by molar-refractivity contribution is 0.0603. The number of nitrogens with one attached hydrogen (secondary N) is 1. The van der Waals surface area contributed by atoms with E-state index in [2.05, 4.69) is 21.5 Å². The van der Waals surface area contributed by atoms with Crippen LogP contribution in [0.15, 0.2) is 0 Å². The summed E-state index contributed by atoms with van der Waals surface area (Å²) in [5.41, 5.74) is 6.03. The van der Waals surface area contributed by atoms with E-state index in [-0.39, 0.29) is 5.82 Å². The van der Waals surface area contributed by atoms with Crippen molar-refractivity contribution in [2.75, 3.05) is 37.8 Å². The zero-order valence-electron chi connectivity index (χ0n) is 11.3. The van der Waals surface area contributed by atoms with E-state index in [1.54, 1.807) is 0 Å². The summed E-state index contributed by atoms with van der Waals surface area (Å²) in [5, 5.41) is 3.92. The molecule has 0 spiro atoms. The second kappa shape index (κ2) is 6.21. The molecule has 0 saturated heterocycles. The number of anilines is 2. The van der Waals surface area contributed by atoms with Crippen molar-refractivity contribution in [3.8, 4) is 0 Å². The molecule has 1 aromatic rings. The average molecular weight is 284 g/mol. The second-order valence-corrected chi connectivity index (χ2v) is 5.32. The smallest absolute Gasteiger partial charge is 0.344 e. The molecule has 1 saturated carbocycles. The van der Waals surface area contributed by atoms with Crippen molar-refractivity contribution in [2.45, 2.75) is 25.8 Å². The van der Waals surface area contributed by atoms with E-state index < -0.39 is 5.97 Å². The Morgan fingerprint density at radius 1 is 1.63 bits per heavy atom. The highest BCUT2D eigenvalue weighted by atomic mass is 32.1. The topological polar surface area (TPSA) is 80.5 Å². The third kappa shape index (κ3) is 3.36. The normalized spacial score (nSPS) is 14.7. The zero-order valence-corrected chi connectivity index (χ0v) is 12.1. The number of methoxy groups -OCH3 is 1. The van der Waals surface area contributed by atoms with Crippen LogP contribution in [0, 0.1) is 0 Å². The van der Waals surface area contributed by atoms with Crippen LogP contribution in [0.3, 0.4) is 0 Å². The number of likely N-dealkylation sites (N-methyl/N-ethyl adjacent to an activating group) is 1. The standard InChI is InChI=1S/C12H20N4O2S/c1-3-16(8-4-5-8)7-6-14-11-9(12(17)18-2)10(13)15-19-11/h8,14H,3-7H2,1-2H3,(H2,13,15). The van der Waals surface area contributed by atoms with Crippen LogP contribution in [-0.4, -0.2) is 48.0 Å². The molecule has 0 atom stereocenters. The van der Waals surface area contributed by atoms with E-state index >= 15 is 0 Å². The van der Waals surface area contributed by atoms with Crippen molar-refractivity contribution >= 4 is 28.3 Å². The van der Waals surface area contributed by atoms with Gasteiger partial charge in [0, 0.05) is 19.1 Å². The van der Waals surface area contributed by atoms with Gasteiger partial charge in [0.2, 0.25) is 0 Å². The number of carbonyl (C=O) groups is 1. The first-order chi connectivity index (χ1) is 9.17. The van der Waals surface area contributed by atoms with Gasteiger partial charge in [-0.25, -0.2) is 4.79 Å². The molecular weight excluding hydrogens is 264 g/mol. The fourth-order valence-electron chi connectivity index (χ4n) is 2.07. The van der Waals surface area contributed by atoms with Crippen LogP contribution in [-0.2, 0) is 4.74 Å². The molecule has 0 bridgehead atoms. The van der Waals surface area contributed by atoms with E-state index in [9.17, 15) is 4.79 Å². The Morgan fingerprint density at radius 2 is 2.37 bits per heavy atom. The number of aromatic nitrogens is 1. The highest BCUT2D eigenvalue weighted by Gasteiger charge is 2.27. The minimum Gasteiger partial charge on any atom is -0.465 e. The van der Waals surface area contributed by atoms with E-state index in [0.717, 1.165) is 25.7 Å². The molecule has 1 heterocycles. The number of nitrogens with zero attached hydrogens (tertiary/aromatic N) is 2. The number of ether oxygens (including phenoxy) is 1. The summed E-state index contributed by atoms with van der Waals surface area (Å²) in [4.78, 5) is 14.0. The quantitative estimate of drug-likeness (QED) is 0.737. The molecule has 1 aliphatic carbocycles. The SMILES string of the molecule is CCN(CCNc1snc(N)c1C(=O)OC)C1CC1. The predicted octanol–water partition coefficient (Wildman–Crippen LogP) is 1.41. The van der Waals surface area contributed by atoms with Gasteiger partial charge in [-0.05, 0) is 30.9 Å². The van der Waals surface area contributed by atoms with Gasteiger partial charge in [-0.15, -0.1) is 0 Å². The van der Waals surface area contributed by atoms with Crippen molar-refractivity contribution in [2.24, 2.45) is 0 Å². The van der Waals surface area contributed by atoms with Gasteiger partial charge >= 0.3 is 5.97 Å². The Morgan fingerprint density at radius 3 is 2.95 bits per heavy atom. The Kier molecular flexibility index (Phi) is 4.60. The van der Waals surface area contributed by atoms with Crippen LogP contribution >= 0.6 is 11.5 Å². The summed E-state index contributed by atoms with van der Waals surface area (Å²) in [6.45, 7) is 4.96. The molecule has 0 amide bonds. The maximum Gasteiger partial charge on any atom is 0.344 e. The first kappa shape index (κ1) is 14.1. The van der Waals surface area contributed by atoms with Crippen molar-refractivity contribution in [3.63, 3.8) is 0 Å². The predicted molar refractivity (Wildman–Crippen MR) is 76.6 cm³/mol. The van der Waals surface area contributed by atoms with Gasteiger partial charge in [0.1, 0.15) is 10.6 Å². The van der Waals surface area contributed by atoms with Gasteiger partial charge in [-0.3, -0.25) is 4.90 Å². The molecule has 2 rings (SSSR count). The van der Waals surface area contributed by atoms with Crippen molar-refractivity contribution < 1.29 is 9.53 Å². The number of esters is 1. The molecule has 19 heavy (non-hydrogen) atoms. The first-order valence-corrected chi connectivity index (χ1v) is 7.26. The highest BCUT2D eigenvalue weighted by Crippen LogP contribution is 2.28. The van der Waals surface area contributed by atoms with Crippen molar-refractivity contribution in [1.29, 1.82) is 0 Å². The summed E-state index contributed by atoms with van der Waals surface area (Å²) < 4.78 is 8.70. The molecule has 1 aliphatic rings. The third-order valence-corrected chi connectivity index (χ3v) is 4.08. The summed E-state index contributed by atoms with van der Waals surface area (Å²) in [6, 6.07) is 0.749. The summed E-state index contributed by atoms with van der Waals surface area (Å²) in [5.74, 6) is -0.211. The van der Waals surface area contributed by atoms with Gasteiger partial charge in [-0.1, -0.05) is 6.92 Å². The molecule has 1 fully saturated rings. The van der Waals surface area contributed by atoms with E-state index in [0.29, 0.717) is 10.6 Å². The summed E-state index contributed by atoms with van der Waals surface area (Å²) in [7, 11) is 1.34. The molecular formula is C12H20N4O2S. The minimum absolute atomic E-state index is 0.230. The van der Waals surface area contributed by atoms with Crippen LogP contribution in [0.2, 0.25) is 0 Å². The number of carbonyl (C=O) groups excluding carboxylic acids is 1. The largest absolute Gasteiger partial charge is 0.465 e. The summed E-state index contributed by atoms with van der Waals surface area (Å²) in [6.07, 6.45) is 2.60. The lowest BCUT2D eigenvalue weighted by Crippen LogP contribution is -2.31. The molecule has 3 N–H and O–H groups in total. The molecule has 0 aliphatic heterocycles. The first-order valence-electron chi connectivity index (χ1n) is 6.48. The third-order valence-electron chi connectivity index (χ3n) is 3.26. The number of hydrogen-bond acceptors (Lipinski definition) is 7. The molecule has 1 aromatic heterocycles. The van der Waals surface area contributed by atoms with Crippen LogP contribution in [0.5, 0.6) is 0 Å². The molecule has 6 nitrogen and oxygen atoms in total. The van der Waals surface area contributed by atoms with E-state index in [1.165, 1.54) is 31.5 Å². The van der Waals surface area contributed by atoms with Gasteiger partial charge in [0.05, 0.1) is 7.11 Å². The fraction of sp³-hybridized carbons (Fsp3) is 0.667. The second-order valence-electron chi connectivity index (χ2n) is 4.55. The van der Waals surface area contributed by atoms with E-state index in [1.807, 2.05) is 0 Å². The lowest BCUT2D eigenvalue weighted by atomic mass is 10.3. The maximum atomic E-state index is 11.6. The number of hydrogen-bond donors (Lipinski definition) is 2. The van der Waals surface area contributed by atoms with Gasteiger partial charge in [0.15, 0.2) is 5.82 Å². The van der Waals surface area contributed by atoms with Crippen LogP contribution in [0.4, 0.5) is 10.8 Å². The van der Waals surface area contributed by atoms with Crippen LogP contribution in [0.25, 0.3) is 0 Å². The lowest BCUT2D eigenvalue weighted by Gasteiger charge is -2.19. The van der Waals surface area contributed by atoms with Crippen molar-refractivity contribution in [3.05, 3.63) is 5.56 Å². The molecule has 0 aromatic carbocycles. The molecule has 0 radical (unpaired) electrons. The average Bonchev–Trinajstić information content (AvgIpc) is 3.18. The van der Waals surface area contributed by atoms with Crippen LogP contribution in [0.1, 0.15) is 30.1 Å². The fourth-order valence-corrected chi connectivity index (χ4v) is 2.80. The van der Waals surface area contributed by atoms with Gasteiger partial charge < -0.3 is 15.8 Å². The summed E-state index contributed by atoms with van der Waals surface area (Å²) >= 11 is 1.20. The minimum atomic E-state index is -0.441. The monoisotopic (exact) mass is 284 g/mol. The van der Waals surface area contributed by atoms with Gasteiger partial charge in [0.25, 0.3) is 0 Å².